The van der Waals surface area contributed by atoms with Crippen molar-refractivity contribution in [2.45, 2.75) is 25.9 Å². The zero-order chi connectivity index (χ0) is 24.6. The third-order valence-electron chi connectivity index (χ3n) is 5.63. The highest BCUT2D eigenvalue weighted by Gasteiger charge is 2.16. The number of aromatic nitrogens is 2. The molecule has 2 N–H and O–H groups in total. The molecule has 2 amide bonds. The molecule has 0 saturated heterocycles. The van der Waals surface area contributed by atoms with E-state index in [4.69, 9.17) is 0 Å². The van der Waals surface area contributed by atoms with Gasteiger partial charge in [-0.05, 0) is 36.2 Å². The molecule has 1 heterocycles. The lowest BCUT2D eigenvalue weighted by molar-refractivity contribution is -0.121. The van der Waals surface area contributed by atoms with Gasteiger partial charge >= 0.3 is 5.69 Å². The van der Waals surface area contributed by atoms with Gasteiger partial charge in [0, 0.05) is 25.2 Å². The maximum atomic E-state index is 13.2. The normalized spacial score (nSPS) is 10.7. The van der Waals surface area contributed by atoms with Crippen molar-refractivity contribution in [2.75, 3.05) is 11.9 Å². The smallest absolute Gasteiger partial charge is 0.331 e. The number of fused-ring (bicyclic) bond motifs is 1. The second kappa shape index (κ2) is 11.1. The predicted octanol–water partition coefficient (Wildman–Crippen LogP) is 2.55. The summed E-state index contributed by atoms with van der Waals surface area (Å²) < 4.78 is 2.29. The van der Waals surface area contributed by atoms with Gasteiger partial charge in [0.1, 0.15) is 6.54 Å². The van der Waals surface area contributed by atoms with Crippen molar-refractivity contribution in [3.05, 3.63) is 111 Å². The van der Waals surface area contributed by atoms with Crippen LogP contribution in [0.25, 0.3) is 10.9 Å². The third-order valence-corrected chi connectivity index (χ3v) is 5.63. The summed E-state index contributed by atoms with van der Waals surface area (Å²) in [5, 5.41) is 5.89. The maximum absolute atomic E-state index is 13.2. The van der Waals surface area contributed by atoms with E-state index in [1.807, 2.05) is 36.4 Å². The lowest BCUT2D eigenvalue weighted by atomic mass is 10.1. The van der Waals surface area contributed by atoms with Crippen LogP contribution in [0.2, 0.25) is 0 Å². The molecule has 0 fully saturated rings. The van der Waals surface area contributed by atoms with Crippen molar-refractivity contribution in [3.63, 3.8) is 0 Å². The van der Waals surface area contributed by atoms with Gasteiger partial charge in [0.05, 0.1) is 10.9 Å². The van der Waals surface area contributed by atoms with Gasteiger partial charge in [-0.25, -0.2) is 4.79 Å². The first-order valence-electron chi connectivity index (χ1n) is 11.4. The molecule has 0 unspecified atom stereocenters. The molecule has 0 spiro atoms. The number of hydrogen-bond donors (Lipinski definition) is 2. The van der Waals surface area contributed by atoms with E-state index in [-0.39, 0.29) is 25.4 Å². The molecule has 0 aliphatic carbocycles. The molecule has 8 nitrogen and oxygen atoms in total. The molecule has 0 saturated carbocycles. The summed E-state index contributed by atoms with van der Waals surface area (Å²) in [5.74, 6) is -0.652. The number of carbonyl (C=O) groups excluding carboxylic acids is 2. The molecular formula is C27H26N4O4. The van der Waals surface area contributed by atoms with E-state index in [1.165, 1.54) is 4.57 Å². The number of amides is 2. The fraction of sp³-hybridized carbons (Fsp3) is 0.185. The average Bonchev–Trinajstić information content (AvgIpc) is 2.88. The van der Waals surface area contributed by atoms with Gasteiger partial charge in [0.15, 0.2) is 0 Å². The Kier molecular flexibility index (Phi) is 7.52. The van der Waals surface area contributed by atoms with Gasteiger partial charge < -0.3 is 10.6 Å². The van der Waals surface area contributed by atoms with Crippen molar-refractivity contribution in [1.29, 1.82) is 0 Å². The molecule has 0 bridgehead atoms. The van der Waals surface area contributed by atoms with Gasteiger partial charge in [-0.3, -0.25) is 23.5 Å². The first-order chi connectivity index (χ1) is 17.0. The Morgan fingerprint density at radius 1 is 0.743 bits per heavy atom. The van der Waals surface area contributed by atoms with Gasteiger partial charge in [0.2, 0.25) is 11.8 Å². The largest absolute Gasteiger partial charge is 0.356 e. The number of rotatable bonds is 9. The summed E-state index contributed by atoms with van der Waals surface area (Å²) in [5.41, 5.74) is 0.969. The highest BCUT2D eigenvalue weighted by molar-refractivity contribution is 5.91. The average molecular weight is 471 g/mol. The van der Waals surface area contributed by atoms with E-state index in [0.717, 1.165) is 10.1 Å². The van der Waals surface area contributed by atoms with Gasteiger partial charge in [-0.1, -0.05) is 60.7 Å². The van der Waals surface area contributed by atoms with Crippen LogP contribution in [-0.2, 0) is 29.1 Å². The molecule has 0 radical (unpaired) electrons. The van der Waals surface area contributed by atoms with E-state index in [9.17, 15) is 19.2 Å². The lowest BCUT2D eigenvalue weighted by Gasteiger charge is -2.14. The van der Waals surface area contributed by atoms with E-state index in [0.29, 0.717) is 29.6 Å². The minimum Gasteiger partial charge on any atom is -0.356 e. The van der Waals surface area contributed by atoms with Crippen molar-refractivity contribution >= 4 is 28.4 Å². The molecule has 35 heavy (non-hydrogen) atoms. The van der Waals surface area contributed by atoms with E-state index >= 15 is 0 Å². The van der Waals surface area contributed by atoms with E-state index < -0.39 is 17.2 Å². The molecule has 1 aromatic heterocycles. The number of nitrogens with zero attached hydrogens (tertiary/aromatic N) is 2. The molecule has 0 aliphatic heterocycles. The standard InChI is InChI=1S/C27H26N4O4/c32-24(28-17-15-20-9-3-1-4-10-20)16-18-30-26(34)22-13-7-8-14-23(22)31(27(30)35)19-25(33)29-21-11-5-2-6-12-21/h1-14H,15-19H2,(H,28,32)(H,29,33). The zero-order valence-corrected chi connectivity index (χ0v) is 19.1. The zero-order valence-electron chi connectivity index (χ0n) is 19.1. The topological polar surface area (TPSA) is 102 Å². The van der Waals surface area contributed by atoms with Crippen LogP contribution in [0.4, 0.5) is 5.69 Å². The number of para-hydroxylation sites is 2. The van der Waals surface area contributed by atoms with Crippen LogP contribution in [0.3, 0.4) is 0 Å². The Morgan fingerprint density at radius 3 is 2.14 bits per heavy atom. The summed E-state index contributed by atoms with van der Waals surface area (Å²) in [6, 6.07) is 25.3. The summed E-state index contributed by atoms with van der Waals surface area (Å²) in [6.07, 6.45) is 0.657. The first-order valence-corrected chi connectivity index (χ1v) is 11.4. The summed E-state index contributed by atoms with van der Waals surface area (Å²) in [4.78, 5) is 51.2. The minimum absolute atomic E-state index is 0.0293. The Labute approximate surface area is 201 Å². The maximum Gasteiger partial charge on any atom is 0.331 e. The van der Waals surface area contributed by atoms with Gasteiger partial charge in [0.25, 0.3) is 5.56 Å². The first kappa shape index (κ1) is 23.7. The van der Waals surface area contributed by atoms with Crippen LogP contribution >= 0.6 is 0 Å². The van der Waals surface area contributed by atoms with Crippen LogP contribution in [0.1, 0.15) is 12.0 Å². The van der Waals surface area contributed by atoms with Crippen LogP contribution in [0, 0.1) is 0 Å². The fourth-order valence-corrected chi connectivity index (χ4v) is 3.88. The lowest BCUT2D eigenvalue weighted by Crippen LogP contribution is -2.42. The Morgan fingerprint density at radius 2 is 1.40 bits per heavy atom. The molecule has 178 valence electrons. The Balaban J connectivity index is 1.49. The third kappa shape index (κ3) is 5.92. The summed E-state index contributed by atoms with van der Waals surface area (Å²) >= 11 is 0. The SMILES string of the molecule is O=C(CCn1c(=O)c2ccccc2n(CC(=O)Nc2ccccc2)c1=O)NCCc1ccccc1. The van der Waals surface area contributed by atoms with Crippen LogP contribution in [-0.4, -0.2) is 27.5 Å². The van der Waals surface area contributed by atoms with Crippen LogP contribution < -0.4 is 21.9 Å². The van der Waals surface area contributed by atoms with Crippen molar-refractivity contribution in [1.82, 2.24) is 14.5 Å². The number of benzene rings is 3. The van der Waals surface area contributed by atoms with E-state index in [1.54, 1.807) is 48.5 Å². The second-order valence-corrected chi connectivity index (χ2v) is 8.09. The molecule has 3 aromatic carbocycles. The molecule has 0 atom stereocenters. The summed E-state index contributed by atoms with van der Waals surface area (Å²) in [7, 11) is 0. The quantitative estimate of drug-likeness (QED) is 0.392. The molecule has 0 aliphatic rings. The van der Waals surface area contributed by atoms with E-state index in [2.05, 4.69) is 10.6 Å². The number of hydrogen-bond acceptors (Lipinski definition) is 4. The molecule has 4 rings (SSSR count). The summed E-state index contributed by atoms with van der Waals surface area (Å²) in [6.45, 7) is 0.108. The van der Waals surface area contributed by atoms with Crippen LogP contribution in [0.5, 0.6) is 0 Å². The Hall–Kier alpha value is -4.46. The highest BCUT2D eigenvalue weighted by Crippen LogP contribution is 2.09. The number of nitrogens with one attached hydrogen (secondary N) is 2. The molecule has 8 heteroatoms. The van der Waals surface area contributed by atoms with Crippen molar-refractivity contribution in [3.8, 4) is 0 Å². The fourth-order valence-electron chi connectivity index (χ4n) is 3.88. The molecule has 4 aromatic rings. The van der Waals surface area contributed by atoms with Crippen LogP contribution in [0.15, 0.2) is 94.5 Å². The van der Waals surface area contributed by atoms with Gasteiger partial charge in [-0.15, -0.1) is 0 Å². The monoisotopic (exact) mass is 470 g/mol. The van der Waals surface area contributed by atoms with Crippen molar-refractivity contribution in [2.24, 2.45) is 0 Å². The second-order valence-electron chi connectivity index (χ2n) is 8.09. The molecular weight excluding hydrogens is 444 g/mol. The predicted molar refractivity (Wildman–Crippen MR) is 135 cm³/mol. The number of carbonyl (C=O) groups is 2. The van der Waals surface area contributed by atoms with Crippen molar-refractivity contribution < 1.29 is 9.59 Å². The Bertz CT molecular complexity index is 1440. The number of anilines is 1. The minimum atomic E-state index is -0.631. The van der Waals surface area contributed by atoms with Gasteiger partial charge in [-0.2, -0.15) is 0 Å². The highest BCUT2D eigenvalue weighted by atomic mass is 16.2.